The van der Waals surface area contributed by atoms with Gasteiger partial charge in [-0.3, -0.25) is 4.79 Å². The van der Waals surface area contributed by atoms with E-state index in [0.29, 0.717) is 48.9 Å². The summed E-state index contributed by atoms with van der Waals surface area (Å²) in [4.78, 5) is 14.9. The molecule has 0 saturated carbocycles. The van der Waals surface area contributed by atoms with Gasteiger partial charge in [-0.05, 0) is 49.6 Å². The predicted molar refractivity (Wildman–Crippen MR) is 119 cm³/mol. The molecule has 0 spiro atoms. The van der Waals surface area contributed by atoms with Crippen molar-refractivity contribution < 1.29 is 22.7 Å². The Hall–Kier alpha value is -2.58. The zero-order valence-electron chi connectivity index (χ0n) is 18.5. The van der Waals surface area contributed by atoms with Gasteiger partial charge in [-0.1, -0.05) is 23.8 Å². The van der Waals surface area contributed by atoms with Crippen LogP contribution in [0.5, 0.6) is 11.5 Å². The first-order chi connectivity index (χ1) is 14.8. The molecule has 1 fully saturated rings. The Morgan fingerprint density at radius 3 is 2.23 bits per heavy atom. The summed E-state index contributed by atoms with van der Waals surface area (Å²) in [6.07, 6.45) is 1.03. The Morgan fingerprint density at radius 1 is 1.03 bits per heavy atom. The molecule has 0 aliphatic carbocycles. The van der Waals surface area contributed by atoms with Crippen LogP contribution in [0, 0.1) is 12.8 Å². The van der Waals surface area contributed by atoms with Gasteiger partial charge in [-0.25, -0.2) is 8.42 Å². The highest BCUT2D eigenvalue weighted by Crippen LogP contribution is 2.29. The van der Waals surface area contributed by atoms with Crippen molar-refractivity contribution in [3.05, 3.63) is 53.6 Å². The van der Waals surface area contributed by atoms with Gasteiger partial charge >= 0.3 is 0 Å². The van der Waals surface area contributed by atoms with Crippen LogP contribution in [0.1, 0.15) is 24.0 Å². The molecule has 7 nitrogen and oxygen atoms in total. The van der Waals surface area contributed by atoms with Gasteiger partial charge in [0.2, 0.25) is 15.9 Å². The lowest BCUT2D eigenvalue weighted by atomic mass is 9.96. The number of benzene rings is 2. The largest absolute Gasteiger partial charge is 0.493 e. The minimum absolute atomic E-state index is 0.0298. The highest BCUT2D eigenvalue weighted by Gasteiger charge is 2.33. The topological polar surface area (TPSA) is 76.2 Å². The number of methoxy groups -OCH3 is 2. The number of nitrogens with zero attached hydrogens (tertiary/aromatic N) is 2. The Morgan fingerprint density at radius 2 is 1.65 bits per heavy atom. The van der Waals surface area contributed by atoms with Crippen LogP contribution in [0.4, 0.5) is 0 Å². The molecule has 8 heteroatoms. The van der Waals surface area contributed by atoms with Crippen molar-refractivity contribution in [3.8, 4) is 11.5 Å². The van der Waals surface area contributed by atoms with E-state index in [0.717, 1.165) is 11.1 Å². The fourth-order valence-corrected chi connectivity index (χ4v) is 5.31. The van der Waals surface area contributed by atoms with E-state index >= 15 is 0 Å². The maximum Gasteiger partial charge on any atom is 0.243 e. The lowest BCUT2D eigenvalue weighted by Crippen LogP contribution is -2.43. The van der Waals surface area contributed by atoms with Crippen LogP contribution < -0.4 is 9.47 Å². The second-order valence-corrected chi connectivity index (χ2v) is 9.81. The van der Waals surface area contributed by atoms with Gasteiger partial charge in [-0.15, -0.1) is 0 Å². The Bertz CT molecular complexity index is 1010. The maximum atomic E-state index is 12.9. The van der Waals surface area contributed by atoms with E-state index in [2.05, 4.69) is 0 Å². The highest BCUT2D eigenvalue weighted by molar-refractivity contribution is 7.89. The molecule has 3 rings (SSSR count). The Kier molecular flexibility index (Phi) is 7.23. The molecule has 0 N–H and O–H groups in total. The monoisotopic (exact) mass is 446 g/mol. The van der Waals surface area contributed by atoms with Crippen LogP contribution >= 0.6 is 0 Å². The minimum atomic E-state index is -3.53. The molecule has 0 aromatic heterocycles. The van der Waals surface area contributed by atoms with Gasteiger partial charge in [0, 0.05) is 32.6 Å². The molecule has 1 aliphatic rings. The van der Waals surface area contributed by atoms with Crippen molar-refractivity contribution >= 4 is 15.9 Å². The molecule has 0 atom stereocenters. The fraction of sp³-hybridized carbons (Fsp3) is 0.435. The molecule has 2 aromatic rings. The van der Waals surface area contributed by atoms with Crippen molar-refractivity contribution in [2.24, 2.45) is 5.92 Å². The van der Waals surface area contributed by atoms with E-state index < -0.39 is 10.0 Å². The van der Waals surface area contributed by atoms with Crippen LogP contribution in [-0.4, -0.2) is 57.9 Å². The number of carbonyl (C=O) groups is 1. The molecule has 0 radical (unpaired) electrons. The van der Waals surface area contributed by atoms with Gasteiger partial charge in [0.1, 0.15) is 0 Å². The first-order valence-corrected chi connectivity index (χ1v) is 11.7. The summed E-state index contributed by atoms with van der Waals surface area (Å²) in [6.45, 7) is 3.06. The quantitative estimate of drug-likeness (QED) is 0.653. The minimum Gasteiger partial charge on any atom is -0.493 e. The number of aryl methyl sites for hydroxylation is 1. The van der Waals surface area contributed by atoms with Crippen LogP contribution in [-0.2, 0) is 21.4 Å². The predicted octanol–water partition coefficient (Wildman–Crippen LogP) is 3.07. The van der Waals surface area contributed by atoms with Crippen molar-refractivity contribution in [1.29, 1.82) is 0 Å². The normalized spacial score (nSPS) is 15.5. The van der Waals surface area contributed by atoms with Gasteiger partial charge in [-0.2, -0.15) is 4.31 Å². The third-order valence-electron chi connectivity index (χ3n) is 5.71. The molecular formula is C23H30N2O5S. The third kappa shape index (κ3) is 5.19. The summed E-state index contributed by atoms with van der Waals surface area (Å²) in [7, 11) is 1.40. The average molecular weight is 447 g/mol. The first-order valence-electron chi connectivity index (χ1n) is 10.3. The van der Waals surface area contributed by atoms with E-state index in [1.165, 1.54) is 4.31 Å². The summed E-state index contributed by atoms with van der Waals surface area (Å²) in [6, 6.07) is 12.5. The van der Waals surface area contributed by atoms with Gasteiger partial charge in [0.05, 0.1) is 19.1 Å². The van der Waals surface area contributed by atoms with E-state index in [1.54, 1.807) is 50.4 Å². The number of hydrogen-bond donors (Lipinski definition) is 0. The smallest absolute Gasteiger partial charge is 0.243 e. The molecule has 1 amide bonds. The van der Waals surface area contributed by atoms with Crippen LogP contribution in [0.15, 0.2) is 47.4 Å². The molecule has 31 heavy (non-hydrogen) atoms. The third-order valence-corrected chi connectivity index (χ3v) is 7.62. The first kappa shape index (κ1) is 23.1. The number of sulfonamides is 1. The standard InChI is InChI=1S/C23H30N2O5S/c1-17-5-8-20(9-6-17)31(27,28)25-13-11-19(12-14-25)23(26)24(2)16-18-7-10-21(29-3)22(15-18)30-4/h5-10,15,19H,11-14,16H2,1-4H3. The van der Waals surface area contributed by atoms with E-state index in [9.17, 15) is 13.2 Å². The number of carbonyl (C=O) groups excluding carboxylic acids is 1. The van der Waals surface area contributed by atoms with Crippen LogP contribution in [0.2, 0.25) is 0 Å². The number of rotatable bonds is 7. The zero-order valence-corrected chi connectivity index (χ0v) is 19.3. The average Bonchev–Trinajstić information content (AvgIpc) is 2.78. The summed E-state index contributed by atoms with van der Waals surface area (Å²) in [5.41, 5.74) is 1.95. The van der Waals surface area contributed by atoms with Crippen molar-refractivity contribution in [2.75, 3.05) is 34.4 Å². The van der Waals surface area contributed by atoms with Crippen molar-refractivity contribution in [1.82, 2.24) is 9.21 Å². The Balaban J connectivity index is 1.60. The molecule has 1 saturated heterocycles. The lowest BCUT2D eigenvalue weighted by Gasteiger charge is -2.32. The molecular weight excluding hydrogens is 416 g/mol. The van der Waals surface area contributed by atoms with Crippen molar-refractivity contribution in [3.63, 3.8) is 0 Å². The van der Waals surface area contributed by atoms with Crippen LogP contribution in [0.3, 0.4) is 0 Å². The molecule has 2 aromatic carbocycles. The maximum absolute atomic E-state index is 12.9. The molecule has 1 aliphatic heterocycles. The summed E-state index contributed by atoms with van der Waals surface area (Å²) >= 11 is 0. The SMILES string of the molecule is COc1ccc(CN(C)C(=O)C2CCN(S(=O)(=O)c3ccc(C)cc3)CC2)cc1OC. The number of hydrogen-bond acceptors (Lipinski definition) is 5. The molecule has 1 heterocycles. The van der Waals surface area contributed by atoms with Gasteiger partial charge in [0.15, 0.2) is 11.5 Å². The fourth-order valence-electron chi connectivity index (χ4n) is 3.84. The number of amides is 1. The molecule has 0 unspecified atom stereocenters. The van der Waals surface area contributed by atoms with E-state index in [1.807, 2.05) is 25.1 Å². The molecule has 168 valence electrons. The lowest BCUT2D eigenvalue weighted by molar-refractivity contribution is -0.135. The summed E-state index contributed by atoms with van der Waals surface area (Å²) in [5, 5.41) is 0. The number of ether oxygens (including phenoxy) is 2. The Labute approximate surface area is 184 Å². The number of piperidine rings is 1. The van der Waals surface area contributed by atoms with Gasteiger partial charge in [0.25, 0.3) is 0 Å². The zero-order chi connectivity index (χ0) is 22.6. The van der Waals surface area contributed by atoms with E-state index in [4.69, 9.17) is 9.47 Å². The summed E-state index contributed by atoms with van der Waals surface area (Å²) < 4.78 is 37.8. The second kappa shape index (κ2) is 9.70. The second-order valence-electron chi connectivity index (χ2n) is 7.88. The molecule has 0 bridgehead atoms. The highest BCUT2D eigenvalue weighted by atomic mass is 32.2. The van der Waals surface area contributed by atoms with Gasteiger partial charge < -0.3 is 14.4 Å². The van der Waals surface area contributed by atoms with Crippen LogP contribution in [0.25, 0.3) is 0 Å². The van der Waals surface area contributed by atoms with Crippen molar-refractivity contribution in [2.45, 2.75) is 31.2 Å². The van der Waals surface area contributed by atoms with E-state index in [-0.39, 0.29) is 11.8 Å². The summed E-state index contributed by atoms with van der Waals surface area (Å²) in [5.74, 6) is 1.11.